The summed E-state index contributed by atoms with van der Waals surface area (Å²) in [5.74, 6) is -0.457. The van der Waals surface area contributed by atoms with Crippen molar-refractivity contribution in [1.82, 2.24) is 0 Å². The van der Waals surface area contributed by atoms with E-state index in [1.54, 1.807) is 42.5 Å². The summed E-state index contributed by atoms with van der Waals surface area (Å²) in [6.45, 7) is 4.18. The van der Waals surface area contributed by atoms with Gasteiger partial charge in [-0.2, -0.15) is 0 Å². The summed E-state index contributed by atoms with van der Waals surface area (Å²) in [6, 6.07) is 14.8. The lowest BCUT2D eigenvalue weighted by molar-refractivity contribution is 0.0716. The lowest BCUT2D eigenvalue weighted by atomic mass is 10.1. The fourth-order valence-electron chi connectivity index (χ4n) is 2.73. The summed E-state index contributed by atoms with van der Waals surface area (Å²) in [5, 5.41) is 0. The van der Waals surface area contributed by atoms with Gasteiger partial charge in [-0.3, -0.25) is 13.9 Å². The average Bonchev–Trinajstić information content (AvgIpc) is 2.90. The normalized spacial score (nSPS) is 12.5. The molecule has 2 aromatic rings. The van der Waals surface area contributed by atoms with Gasteiger partial charge in [0.05, 0.1) is 17.9 Å². The molecule has 0 amide bonds. The van der Waals surface area contributed by atoms with E-state index in [0.29, 0.717) is 37.8 Å². The molecule has 0 spiro atoms. The van der Waals surface area contributed by atoms with Gasteiger partial charge in [0.2, 0.25) is 0 Å². The summed E-state index contributed by atoms with van der Waals surface area (Å²) in [5.41, 5.74) is 5.25. The number of carbonyl (C=O) groups excluding carboxylic acids is 2. The van der Waals surface area contributed by atoms with Crippen LogP contribution in [0.1, 0.15) is 66.7 Å². The second-order valence-electron chi connectivity index (χ2n) is 8.45. The van der Waals surface area contributed by atoms with Crippen molar-refractivity contribution < 1.29 is 51.9 Å². The number of carbonyl (C=O) groups is 2. The SMILES string of the molecule is CCCCP(=O)(O)O.CCCCP(=O)(OC(=O)c1ccccc1C=O)Oc1ccccc1.NCCCP(=O)(O)O. The Morgan fingerprint density at radius 3 is 1.75 bits per heavy atom. The van der Waals surface area contributed by atoms with E-state index in [1.165, 1.54) is 12.1 Å². The molecule has 40 heavy (non-hydrogen) atoms. The van der Waals surface area contributed by atoms with Crippen molar-refractivity contribution >= 4 is 35.0 Å². The highest BCUT2D eigenvalue weighted by Crippen LogP contribution is 2.49. The molecule has 0 aliphatic carbocycles. The standard InChI is InChI=1S/C18H19O5P.C4H11O3P.C3H10NO3P/c1-2-3-13-24(21,22-16-10-5-4-6-11-16)23-18(20)17-12-8-7-9-15(17)14-19;1-2-3-4-8(5,6)7;4-2-1-3-8(5,6)7/h4-12,14H,2-3,13H2,1H3;2-4H2,1H3,(H2,5,6,7);1-4H2,(H2,5,6,7). The zero-order chi connectivity index (χ0) is 30.7. The molecule has 6 N–H and O–H groups in total. The molecule has 0 aromatic heterocycles. The van der Waals surface area contributed by atoms with Crippen LogP contribution in [0.2, 0.25) is 0 Å². The number of nitrogens with two attached hydrogens (primary N) is 1. The minimum atomic E-state index is -3.76. The van der Waals surface area contributed by atoms with Gasteiger partial charge in [-0.05, 0) is 44.0 Å². The second-order valence-corrected chi connectivity index (χ2v) is 14.0. The summed E-state index contributed by atoms with van der Waals surface area (Å²) in [7, 11) is -11.1. The summed E-state index contributed by atoms with van der Waals surface area (Å²) in [6.07, 6.45) is 3.84. The van der Waals surface area contributed by atoms with Crippen molar-refractivity contribution in [3.05, 3.63) is 65.7 Å². The van der Waals surface area contributed by atoms with E-state index >= 15 is 0 Å². The molecule has 0 bridgehead atoms. The van der Waals surface area contributed by atoms with E-state index in [-0.39, 0.29) is 29.6 Å². The van der Waals surface area contributed by atoms with Gasteiger partial charge in [0.25, 0.3) is 0 Å². The Bertz CT molecular complexity index is 1120. The summed E-state index contributed by atoms with van der Waals surface area (Å²) < 4.78 is 43.8. The van der Waals surface area contributed by atoms with Crippen LogP contribution in [0.4, 0.5) is 0 Å². The Balaban J connectivity index is 0.000000780. The van der Waals surface area contributed by atoms with Crippen LogP contribution in [0.15, 0.2) is 54.6 Å². The lowest BCUT2D eigenvalue weighted by Gasteiger charge is -2.19. The lowest BCUT2D eigenvalue weighted by Crippen LogP contribution is -2.11. The third-order valence-electron chi connectivity index (χ3n) is 4.76. The van der Waals surface area contributed by atoms with Crippen molar-refractivity contribution in [3.8, 4) is 5.75 Å². The minimum absolute atomic E-state index is 0.0312. The molecule has 2 aromatic carbocycles. The van der Waals surface area contributed by atoms with Crippen molar-refractivity contribution in [3.63, 3.8) is 0 Å². The van der Waals surface area contributed by atoms with Crippen LogP contribution in [-0.4, -0.2) is 56.9 Å². The first kappa shape index (κ1) is 37.9. The van der Waals surface area contributed by atoms with E-state index in [1.807, 2.05) is 13.8 Å². The first-order valence-corrected chi connectivity index (χ1v) is 17.9. The number of rotatable bonds is 14. The van der Waals surface area contributed by atoms with Crippen molar-refractivity contribution in [2.75, 3.05) is 25.0 Å². The number of benzene rings is 2. The molecular formula is C25H40NO11P3. The van der Waals surface area contributed by atoms with Gasteiger partial charge in [-0.15, -0.1) is 0 Å². The Morgan fingerprint density at radius 2 is 1.30 bits per heavy atom. The van der Waals surface area contributed by atoms with Crippen LogP contribution in [0.25, 0.3) is 0 Å². The largest absolute Gasteiger partial charge is 0.433 e. The fraction of sp³-hybridized carbons (Fsp3) is 0.440. The van der Waals surface area contributed by atoms with Gasteiger partial charge < -0.3 is 34.4 Å². The molecule has 12 nitrogen and oxygen atoms in total. The number of aldehydes is 1. The van der Waals surface area contributed by atoms with E-state index in [9.17, 15) is 23.3 Å². The van der Waals surface area contributed by atoms with Crippen molar-refractivity contribution in [2.24, 2.45) is 5.73 Å². The van der Waals surface area contributed by atoms with Crippen LogP contribution in [0, 0.1) is 0 Å². The maximum absolute atomic E-state index is 13.0. The predicted octanol–water partition coefficient (Wildman–Crippen LogP) is 5.21. The van der Waals surface area contributed by atoms with Crippen LogP contribution in [0.5, 0.6) is 5.75 Å². The second kappa shape index (κ2) is 19.9. The Kier molecular flexibility index (Phi) is 18.8. The number of unbranched alkanes of at least 4 members (excludes halogenated alkanes) is 2. The van der Waals surface area contributed by atoms with Crippen LogP contribution in [0.3, 0.4) is 0 Å². The van der Waals surface area contributed by atoms with Crippen molar-refractivity contribution in [2.45, 2.75) is 46.0 Å². The number of para-hydroxylation sites is 1. The molecule has 0 aliphatic heterocycles. The molecule has 0 fully saturated rings. The smallest absolute Gasteiger partial charge is 0.416 e. The van der Waals surface area contributed by atoms with Gasteiger partial charge in [-0.1, -0.05) is 63.1 Å². The highest BCUT2D eigenvalue weighted by atomic mass is 31.2. The Hall–Kier alpha value is -2.13. The fourth-order valence-corrected chi connectivity index (χ4v) is 5.77. The molecule has 1 unspecified atom stereocenters. The number of hydrogen-bond acceptors (Lipinski definition) is 8. The average molecular weight is 624 g/mol. The van der Waals surface area contributed by atoms with Crippen LogP contribution in [-0.2, 0) is 18.2 Å². The predicted molar refractivity (Wildman–Crippen MR) is 154 cm³/mol. The quantitative estimate of drug-likeness (QED) is 0.136. The monoisotopic (exact) mass is 623 g/mol. The Morgan fingerprint density at radius 1 is 0.800 bits per heavy atom. The zero-order valence-electron chi connectivity index (χ0n) is 22.7. The van der Waals surface area contributed by atoms with E-state index < -0.39 is 28.8 Å². The highest BCUT2D eigenvalue weighted by Gasteiger charge is 2.31. The first-order chi connectivity index (χ1) is 18.7. The molecule has 0 radical (unpaired) electrons. The molecule has 0 saturated heterocycles. The zero-order valence-corrected chi connectivity index (χ0v) is 25.4. The maximum Gasteiger partial charge on any atom is 0.433 e. The minimum Gasteiger partial charge on any atom is -0.416 e. The first-order valence-electron chi connectivity index (χ1n) is 12.6. The number of hydrogen-bond donors (Lipinski definition) is 5. The summed E-state index contributed by atoms with van der Waals surface area (Å²) >= 11 is 0. The molecule has 2 rings (SSSR count). The topological polar surface area (TPSA) is 211 Å². The molecule has 1 atom stereocenters. The van der Waals surface area contributed by atoms with E-state index in [2.05, 4.69) is 0 Å². The van der Waals surface area contributed by atoms with Crippen LogP contribution < -0.4 is 10.3 Å². The van der Waals surface area contributed by atoms with Gasteiger partial charge in [-0.25, -0.2) is 9.36 Å². The maximum atomic E-state index is 13.0. The molecule has 0 heterocycles. The summed E-state index contributed by atoms with van der Waals surface area (Å²) in [4.78, 5) is 56.3. The molecular weight excluding hydrogens is 583 g/mol. The van der Waals surface area contributed by atoms with Crippen LogP contribution >= 0.6 is 22.8 Å². The van der Waals surface area contributed by atoms with Gasteiger partial charge in [0, 0.05) is 11.7 Å². The molecule has 15 heteroatoms. The van der Waals surface area contributed by atoms with E-state index in [0.717, 1.165) is 12.8 Å². The molecule has 226 valence electrons. The Labute approximate surface area is 235 Å². The van der Waals surface area contributed by atoms with E-state index in [4.69, 9.17) is 34.4 Å². The molecule has 0 aliphatic rings. The van der Waals surface area contributed by atoms with Gasteiger partial charge in [0.15, 0.2) is 6.29 Å². The molecule has 0 saturated carbocycles. The third-order valence-corrected chi connectivity index (χ3v) is 8.35. The van der Waals surface area contributed by atoms with Gasteiger partial charge >= 0.3 is 28.8 Å². The highest BCUT2D eigenvalue weighted by molar-refractivity contribution is 7.54. The van der Waals surface area contributed by atoms with Gasteiger partial charge in [0.1, 0.15) is 5.75 Å². The van der Waals surface area contributed by atoms with Crippen molar-refractivity contribution in [1.29, 1.82) is 0 Å². The third kappa shape index (κ3) is 19.0.